The fourth-order valence-corrected chi connectivity index (χ4v) is 2.98. The second kappa shape index (κ2) is 7.45. The fraction of sp³-hybridized carbons (Fsp3) is 0.190. The molecule has 2 aromatic carbocycles. The van der Waals surface area contributed by atoms with Gasteiger partial charge in [-0.25, -0.2) is 9.78 Å². The number of carbonyl (C=O) groups is 1. The molecule has 0 saturated heterocycles. The van der Waals surface area contributed by atoms with Gasteiger partial charge in [0.1, 0.15) is 5.82 Å². The summed E-state index contributed by atoms with van der Waals surface area (Å²) >= 11 is 0. The second-order valence-corrected chi connectivity index (χ2v) is 6.35. The number of carbonyl (C=O) groups excluding carboxylic acids is 1. The predicted octanol–water partition coefficient (Wildman–Crippen LogP) is 3.14. The van der Waals surface area contributed by atoms with Crippen LogP contribution in [0.2, 0.25) is 0 Å². The molecule has 0 aliphatic rings. The molecule has 0 bridgehead atoms. The smallest absolute Gasteiger partial charge is 0.360 e. The second-order valence-electron chi connectivity index (χ2n) is 6.35. The first kappa shape index (κ1) is 18.4. The van der Waals surface area contributed by atoms with Crippen LogP contribution in [0, 0.1) is 13.8 Å². The Balaban J connectivity index is 2.08. The van der Waals surface area contributed by atoms with Crippen LogP contribution >= 0.6 is 0 Å². The zero-order chi connectivity index (χ0) is 19.6. The number of hydrogen-bond donors (Lipinski definition) is 2. The van der Waals surface area contributed by atoms with Crippen LogP contribution in [0.25, 0.3) is 11.1 Å². The number of H-pyrrole nitrogens is 1. The van der Waals surface area contributed by atoms with E-state index in [-0.39, 0.29) is 11.5 Å². The van der Waals surface area contributed by atoms with Gasteiger partial charge < -0.3 is 14.8 Å². The number of rotatable bonds is 4. The lowest BCUT2D eigenvalue weighted by molar-refractivity contribution is 0.0589. The highest BCUT2D eigenvalue weighted by atomic mass is 16.5. The largest absolute Gasteiger partial charge is 0.501 e. The summed E-state index contributed by atoms with van der Waals surface area (Å²) in [5.74, 6) is -1.33. The van der Waals surface area contributed by atoms with Crippen molar-refractivity contribution in [3.05, 3.63) is 81.0 Å². The molecule has 3 rings (SSSR count). The molecule has 6 nitrogen and oxygen atoms in total. The van der Waals surface area contributed by atoms with Crippen LogP contribution in [0.1, 0.15) is 33.0 Å². The maximum atomic E-state index is 12.0. The number of nitrogens with one attached hydrogen (secondary N) is 1. The highest BCUT2D eigenvalue weighted by Gasteiger charge is 2.19. The Labute approximate surface area is 156 Å². The Morgan fingerprint density at radius 2 is 1.89 bits per heavy atom. The standard InChI is InChI=1S/C21H20N2O4/c1-12-8-9-13(2)16(10-12)15-7-5-4-6-14(15)11-17-22-18(21(26)27-3)19(24)20(25)23-17/h4-10,24H,11H2,1-3H3,(H,22,23,25). The molecule has 6 heteroatoms. The average molecular weight is 364 g/mol. The Hall–Kier alpha value is -3.41. The van der Waals surface area contributed by atoms with Crippen molar-refractivity contribution in [1.29, 1.82) is 0 Å². The van der Waals surface area contributed by atoms with Gasteiger partial charge in [-0.15, -0.1) is 0 Å². The topological polar surface area (TPSA) is 92.3 Å². The van der Waals surface area contributed by atoms with E-state index in [4.69, 9.17) is 0 Å². The lowest BCUT2D eigenvalue weighted by Gasteiger charge is -2.13. The maximum Gasteiger partial charge on any atom is 0.360 e. The van der Waals surface area contributed by atoms with Gasteiger partial charge in [-0.2, -0.15) is 0 Å². The van der Waals surface area contributed by atoms with E-state index in [1.807, 2.05) is 38.1 Å². The van der Waals surface area contributed by atoms with E-state index in [0.717, 1.165) is 27.8 Å². The van der Waals surface area contributed by atoms with Crippen LogP contribution in [0.15, 0.2) is 47.3 Å². The van der Waals surface area contributed by atoms with Crippen molar-refractivity contribution in [2.45, 2.75) is 20.3 Å². The van der Waals surface area contributed by atoms with Crippen molar-refractivity contribution in [2.75, 3.05) is 7.11 Å². The highest BCUT2D eigenvalue weighted by molar-refractivity contribution is 5.89. The number of hydrogen-bond acceptors (Lipinski definition) is 5. The lowest BCUT2D eigenvalue weighted by Crippen LogP contribution is -2.18. The number of aromatic nitrogens is 2. The minimum atomic E-state index is -0.859. The predicted molar refractivity (Wildman–Crippen MR) is 102 cm³/mol. The molecule has 27 heavy (non-hydrogen) atoms. The molecule has 0 spiro atoms. The summed E-state index contributed by atoms with van der Waals surface area (Å²) in [7, 11) is 1.17. The van der Waals surface area contributed by atoms with E-state index in [1.165, 1.54) is 7.11 Å². The molecule has 0 fully saturated rings. The molecule has 0 radical (unpaired) electrons. The van der Waals surface area contributed by atoms with Gasteiger partial charge in [-0.3, -0.25) is 4.79 Å². The van der Waals surface area contributed by atoms with E-state index in [9.17, 15) is 14.7 Å². The number of methoxy groups -OCH3 is 1. The lowest BCUT2D eigenvalue weighted by atomic mass is 9.93. The number of aryl methyl sites for hydroxylation is 2. The summed E-state index contributed by atoms with van der Waals surface area (Å²) < 4.78 is 4.59. The molecule has 1 aromatic heterocycles. The summed E-state index contributed by atoms with van der Waals surface area (Å²) in [5.41, 5.74) is 4.18. The molecular formula is C21H20N2O4. The molecule has 0 amide bonds. The molecule has 1 heterocycles. The van der Waals surface area contributed by atoms with E-state index < -0.39 is 17.3 Å². The van der Waals surface area contributed by atoms with Crippen LogP contribution in [0.3, 0.4) is 0 Å². The Morgan fingerprint density at radius 3 is 2.63 bits per heavy atom. The number of aromatic hydroxyl groups is 1. The first-order valence-corrected chi connectivity index (χ1v) is 8.46. The van der Waals surface area contributed by atoms with Crippen LogP contribution in [0.5, 0.6) is 5.75 Å². The van der Waals surface area contributed by atoms with Gasteiger partial charge in [0.25, 0.3) is 5.56 Å². The third-order valence-corrected chi connectivity index (χ3v) is 4.38. The number of ether oxygens (including phenoxy) is 1. The minimum Gasteiger partial charge on any atom is -0.501 e. The van der Waals surface area contributed by atoms with E-state index in [2.05, 4.69) is 32.9 Å². The number of esters is 1. The third-order valence-electron chi connectivity index (χ3n) is 4.38. The van der Waals surface area contributed by atoms with Crippen molar-refractivity contribution in [2.24, 2.45) is 0 Å². The monoisotopic (exact) mass is 364 g/mol. The Kier molecular flexibility index (Phi) is 5.07. The molecular weight excluding hydrogens is 344 g/mol. The fourth-order valence-electron chi connectivity index (χ4n) is 2.98. The quantitative estimate of drug-likeness (QED) is 0.694. The SMILES string of the molecule is COC(=O)c1nc(Cc2ccccc2-c2cc(C)ccc2C)[nH]c(=O)c1O. The zero-order valence-corrected chi connectivity index (χ0v) is 15.4. The summed E-state index contributed by atoms with van der Waals surface area (Å²) in [6.45, 7) is 4.08. The number of nitrogens with zero attached hydrogens (tertiary/aromatic N) is 1. The molecule has 0 atom stereocenters. The molecule has 0 unspecified atom stereocenters. The minimum absolute atomic E-state index is 0.274. The van der Waals surface area contributed by atoms with E-state index in [1.54, 1.807) is 0 Å². The van der Waals surface area contributed by atoms with Crippen LogP contribution in [0.4, 0.5) is 0 Å². The van der Waals surface area contributed by atoms with Crippen LogP contribution in [-0.2, 0) is 11.2 Å². The van der Waals surface area contributed by atoms with Crippen LogP contribution in [-0.4, -0.2) is 28.2 Å². The zero-order valence-electron chi connectivity index (χ0n) is 15.4. The molecule has 0 aliphatic carbocycles. The molecule has 0 aliphatic heterocycles. The maximum absolute atomic E-state index is 12.0. The Morgan fingerprint density at radius 1 is 1.15 bits per heavy atom. The highest BCUT2D eigenvalue weighted by Crippen LogP contribution is 2.29. The molecule has 2 N–H and O–H groups in total. The van der Waals surface area contributed by atoms with E-state index in [0.29, 0.717) is 6.42 Å². The average Bonchev–Trinajstić information content (AvgIpc) is 2.66. The van der Waals surface area contributed by atoms with Gasteiger partial charge in [0, 0.05) is 6.42 Å². The van der Waals surface area contributed by atoms with Gasteiger partial charge in [-0.1, -0.05) is 48.0 Å². The number of aromatic amines is 1. The van der Waals surface area contributed by atoms with Crippen LogP contribution < -0.4 is 5.56 Å². The van der Waals surface area contributed by atoms with Gasteiger partial charge in [0.15, 0.2) is 5.69 Å². The normalized spacial score (nSPS) is 10.6. The summed E-state index contributed by atoms with van der Waals surface area (Å²) in [6.07, 6.45) is 0.295. The van der Waals surface area contributed by atoms with Gasteiger partial charge in [-0.05, 0) is 36.1 Å². The van der Waals surface area contributed by atoms with Gasteiger partial charge in [0.2, 0.25) is 5.75 Å². The first-order chi connectivity index (χ1) is 12.9. The van der Waals surface area contributed by atoms with Crippen molar-refractivity contribution in [3.8, 4) is 16.9 Å². The van der Waals surface area contributed by atoms with Crippen molar-refractivity contribution in [3.63, 3.8) is 0 Å². The molecule has 3 aromatic rings. The van der Waals surface area contributed by atoms with Crippen molar-refractivity contribution in [1.82, 2.24) is 9.97 Å². The first-order valence-electron chi connectivity index (χ1n) is 8.46. The summed E-state index contributed by atoms with van der Waals surface area (Å²) in [5, 5.41) is 9.78. The summed E-state index contributed by atoms with van der Waals surface area (Å²) in [4.78, 5) is 30.4. The number of benzene rings is 2. The van der Waals surface area contributed by atoms with Gasteiger partial charge in [0.05, 0.1) is 7.11 Å². The van der Waals surface area contributed by atoms with Crippen molar-refractivity contribution < 1.29 is 14.6 Å². The summed E-state index contributed by atoms with van der Waals surface area (Å²) in [6, 6.07) is 14.1. The van der Waals surface area contributed by atoms with E-state index >= 15 is 0 Å². The third kappa shape index (κ3) is 3.74. The molecule has 0 saturated carbocycles. The van der Waals surface area contributed by atoms with Gasteiger partial charge >= 0.3 is 5.97 Å². The Bertz CT molecular complexity index is 1070. The molecule has 138 valence electrons. The van der Waals surface area contributed by atoms with Crippen molar-refractivity contribution >= 4 is 5.97 Å².